The zero-order valence-electron chi connectivity index (χ0n) is 29.4. The topological polar surface area (TPSA) is 170 Å². The highest BCUT2D eigenvalue weighted by molar-refractivity contribution is 6.34. The van der Waals surface area contributed by atoms with Crippen LogP contribution in [0.5, 0.6) is 0 Å². The van der Waals surface area contributed by atoms with Gasteiger partial charge in [0.25, 0.3) is 0 Å². The minimum atomic E-state index is -1.64. The van der Waals surface area contributed by atoms with Gasteiger partial charge in [0.1, 0.15) is 29.5 Å². The Morgan fingerprint density at radius 3 is 2.58 bits per heavy atom. The van der Waals surface area contributed by atoms with Gasteiger partial charge in [0.15, 0.2) is 5.82 Å². The van der Waals surface area contributed by atoms with Gasteiger partial charge in [0.05, 0.1) is 46.3 Å². The van der Waals surface area contributed by atoms with Gasteiger partial charge in [0, 0.05) is 32.6 Å². The number of benzene rings is 2. The van der Waals surface area contributed by atoms with E-state index in [1.54, 1.807) is 39.0 Å². The SMILES string of the molecule is CO[C@@H]1/C=C/C=C(\C)Cc2cc(C)c(Cl)c(c2)N(C)C(=O)C[C@H](OC(=O)Nc2cc(F)c([N+](=O)[O-])cc2F)[C@]2(C)O[C@H]2[C@H](C)[C@@H]2C[C@@]1(O)CC(=O)O2. The van der Waals surface area contributed by atoms with Crippen molar-refractivity contribution in [2.45, 2.75) is 89.0 Å². The first-order valence-electron chi connectivity index (χ1n) is 16.5. The van der Waals surface area contributed by atoms with Crippen LogP contribution in [0.15, 0.2) is 48.1 Å². The maximum absolute atomic E-state index is 14.7. The molecule has 16 heteroatoms. The van der Waals surface area contributed by atoms with Crippen LogP contribution in [-0.2, 0) is 35.0 Å². The van der Waals surface area contributed by atoms with Gasteiger partial charge in [-0.1, -0.05) is 48.4 Å². The van der Waals surface area contributed by atoms with E-state index in [4.69, 9.17) is 30.5 Å². The number of carbonyl (C=O) groups excluding carboxylic acids is 3. The Hall–Kier alpha value is -4.44. The van der Waals surface area contributed by atoms with E-state index < -0.39 is 93.9 Å². The number of nitrogens with one attached hydrogen (secondary N) is 1. The molecular formula is C36H40ClF2N3O10. The normalized spacial score (nSPS) is 31.1. The number of hydrogen-bond donors (Lipinski definition) is 2. The number of ether oxygens (including phenoxy) is 4. The summed E-state index contributed by atoms with van der Waals surface area (Å²) in [5.74, 6) is -4.50. The minimum Gasteiger partial charge on any atom is -0.462 e. The van der Waals surface area contributed by atoms with Crippen LogP contribution < -0.4 is 10.2 Å². The van der Waals surface area contributed by atoms with Gasteiger partial charge in [-0.2, -0.15) is 4.39 Å². The Balaban J connectivity index is 1.53. The first-order valence-corrected chi connectivity index (χ1v) is 16.9. The quantitative estimate of drug-likeness (QED) is 0.161. The van der Waals surface area contributed by atoms with Crippen LogP contribution in [0, 0.1) is 34.6 Å². The van der Waals surface area contributed by atoms with Crippen molar-refractivity contribution in [3.63, 3.8) is 0 Å². The van der Waals surface area contributed by atoms with Gasteiger partial charge in [-0.05, 0) is 44.4 Å². The van der Waals surface area contributed by atoms with Gasteiger partial charge < -0.3 is 29.0 Å². The van der Waals surface area contributed by atoms with E-state index in [2.05, 4.69) is 5.32 Å². The number of hydrogen-bond acceptors (Lipinski definition) is 10. The van der Waals surface area contributed by atoms with Crippen LogP contribution in [0.3, 0.4) is 0 Å². The van der Waals surface area contributed by atoms with E-state index in [1.807, 2.05) is 19.1 Å². The minimum absolute atomic E-state index is 0.0241. The zero-order chi connectivity index (χ0) is 38.3. The van der Waals surface area contributed by atoms with Crippen molar-refractivity contribution in [3.05, 3.63) is 86.0 Å². The molecule has 2 amide bonds. The number of aryl methyl sites for hydroxylation is 1. The number of esters is 1. The molecule has 3 aliphatic heterocycles. The molecule has 2 N–H and O–H groups in total. The summed E-state index contributed by atoms with van der Waals surface area (Å²) in [5.41, 5.74) is -2.02. The number of aliphatic hydroxyl groups is 1. The molecule has 4 bridgehead atoms. The molecular weight excluding hydrogens is 708 g/mol. The van der Waals surface area contributed by atoms with Gasteiger partial charge in [-0.25, -0.2) is 9.18 Å². The monoisotopic (exact) mass is 747 g/mol. The number of nitro groups is 1. The predicted molar refractivity (Wildman–Crippen MR) is 185 cm³/mol. The highest BCUT2D eigenvalue weighted by atomic mass is 35.5. The zero-order valence-corrected chi connectivity index (χ0v) is 30.2. The fraction of sp³-hybridized carbons (Fsp3) is 0.472. The summed E-state index contributed by atoms with van der Waals surface area (Å²) in [5, 5.41) is 25.2. The van der Waals surface area contributed by atoms with Crippen molar-refractivity contribution in [3.8, 4) is 0 Å². The first-order chi connectivity index (χ1) is 24.4. The lowest BCUT2D eigenvalue weighted by atomic mass is 9.78. The predicted octanol–water partition coefficient (Wildman–Crippen LogP) is 6.11. The second kappa shape index (κ2) is 14.9. The number of epoxide rings is 1. The molecule has 0 saturated carbocycles. The molecule has 280 valence electrons. The van der Waals surface area contributed by atoms with E-state index in [9.17, 15) is 38.4 Å². The summed E-state index contributed by atoms with van der Waals surface area (Å²) in [4.78, 5) is 51.3. The lowest BCUT2D eigenvalue weighted by Gasteiger charge is -2.41. The molecule has 0 aromatic heterocycles. The smallest absolute Gasteiger partial charge is 0.412 e. The average Bonchev–Trinajstić information content (AvgIpc) is 3.76. The Kier molecular flexibility index (Phi) is 11.1. The van der Waals surface area contributed by atoms with Crippen LogP contribution in [-0.4, -0.2) is 77.8 Å². The standard InChI is InChI=1S/C36H40ClF2N3O10/c1-18-8-7-9-28(49-6)36(46)16-27(50-31(44)17-36)20(3)33-35(4,52-33)29(15-30(43)41(5)26-12-21(10-18)11-19(2)32(26)37)51-34(45)40-24-13-23(39)25(42(47)48)14-22(24)38/h7-9,11-14,20,27-29,33,46H,10,15-17H2,1-6H3,(H,40,45)/b9-7+,18-8+/t20-,27+,28-,29+,33+,35+,36-/m1/s1. The van der Waals surface area contributed by atoms with E-state index in [0.717, 1.165) is 11.1 Å². The molecule has 5 rings (SSSR count). The number of nitrogens with zero attached hydrogens (tertiary/aromatic N) is 2. The summed E-state index contributed by atoms with van der Waals surface area (Å²) >= 11 is 6.69. The molecule has 3 heterocycles. The van der Waals surface area contributed by atoms with Crippen molar-refractivity contribution in [1.82, 2.24) is 0 Å². The van der Waals surface area contributed by atoms with Gasteiger partial charge in [-0.3, -0.25) is 25.0 Å². The van der Waals surface area contributed by atoms with Gasteiger partial charge in [-0.15, -0.1) is 0 Å². The molecule has 2 saturated heterocycles. The van der Waals surface area contributed by atoms with Crippen molar-refractivity contribution in [1.29, 1.82) is 0 Å². The van der Waals surface area contributed by atoms with Crippen LogP contribution >= 0.6 is 11.6 Å². The largest absolute Gasteiger partial charge is 0.462 e. The van der Waals surface area contributed by atoms with Crippen LogP contribution in [0.2, 0.25) is 5.02 Å². The molecule has 0 aliphatic carbocycles. The molecule has 52 heavy (non-hydrogen) atoms. The fourth-order valence-electron chi connectivity index (χ4n) is 6.94. The summed E-state index contributed by atoms with van der Waals surface area (Å²) < 4.78 is 52.1. The Labute approximate surface area is 303 Å². The highest BCUT2D eigenvalue weighted by Crippen LogP contribution is 2.49. The number of rotatable bonds is 4. The van der Waals surface area contributed by atoms with Gasteiger partial charge >= 0.3 is 17.7 Å². The maximum atomic E-state index is 14.7. The van der Waals surface area contributed by atoms with E-state index in [1.165, 1.54) is 19.1 Å². The summed E-state index contributed by atoms with van der Waals surface area (Å²) in [6.07, 6.45) is -0.274. The Morgan fingerprint density at radius 2 is 1.90 bits per heavy atom. The van der Waals surface area contributed by atoms with Crippen molar-refractivity contribution < 1.29 is 52.1 Å². The number of carbonyl (C=O) groups is 3. The van der Waals surface area contributed by atoms with E-state index >= 15 is 0 Å². The molecule has 2 fully saturated rings. The lowest BCUT2D eigenvalue weighted by Crippen LogP contribution is -2.53. The number of halogens is 3. The third-order valence-corrected chi connectivity index (χ3v) is 10.4. The molecule has 7 atom stereocenters. The second-order valence-electron chi connectivity index (χ2n) is 13.8. The number of amides is 2. The molecule has 0 spiro atoms. The lowest BCUT2D eigenvalue weighted by molar-refractivity contribution is -0.387. The van der Waals surface area contributed by atoms with E-state index in [-0.39, 0.29) is 12.8 Å². The average molecular weight is 748 g/mol. The number of allylic oxidation sites excluding steroid dienone is 3. The molecule has 0 radical (unpaired) electrons. The number of nitro benzene ring substituents is 1. The third kappa shape index (κ3) is 7.97. The molecule has 2 aromatic rings. The number of fused-ring (bicyclic) bond motifs is 5. The van der Waals surface area contributed by atoms with Crippen molar-refractivity contribution >= 4 is 46.6 Å². The van der Waals surface area contributed by atoms with Gasteiger partial charge in [0.2, 0.25) is 11.7 Å². The van der Waals surface area contributed by atoms with Crippen molar-refractivity contribution in [2.75, 3.05) is 24.4 Å². The highest BCUT2D eigenvalue weighted by Gasteiger charge is 2.64. The molecule has 0 unspecified atom stereocenters. The first kappa shape index (κ1) is 38.8. The van der Waals surface area contributed by atoms with Crippen LogP contribution in [0.4, 0.5) is 30.6 Å². The van der Waals surface area contributed by atoms with Crippen molar-refractivity contribution in [2.24, 2.45) is 5.92 Å². The van der Waals surface area contributed by atoms with Crippen LogP contribution in [0.1, 0.15) is 51.2 Å². The summed E-state index contributed by atoms with van der Waals surface area (Å²) in [6.45, 7) is 7.01. The van der Waals surface area contributed by atoms with E-state index in [0.29, 0.717) is 34.8 Å². The molecule has 2 aromatic carbocycles. The summed E-state index contributed by atoms with van der Waals surface area (Å²) in [7, 11) is 2.93. The number of anilines is 2. The van der Waals surface area contributed by atoms with Crippen LogP contribution in [0.25, 0.3) is 0 Å². The molecule has 3 aliphatic rings. The molecule has 13 nitrogen and oxygen atoms in total. The second-order valence-corrected chi connectivity index (χ2v) is 14.2. The third-order valence-electron chi connectivity index (χ3n) is 9.92. The Morgan fingerprint density at radius 1 is 1.19 bits per heavy atom. The maximum Gasteiger partial charge on any atom is 0.412 e. The Bertz CT molecular complexity index is 1860. The number of methoxy groups -OCH3 is 1. The fourth-order valence-corrected chi connectivity index (χ4v) is 7.17. The summed E-state index contributed by atoms with van der Waals surface area (Å²) in [6, 6.07) is 4.42.